The highest BCUT2D eigenvalue weighted by atomic mass is 16.5. The van der Waals surface area contributed by atoms with E-state index in [1.165, 1.54) is 14.2 Å². The lowest BCUT2D eigenvalue weighted by atomic mass is 10.1. The lowest BCUT2D eigenvalue weighted by Gasteiger charge is -1.99. The Labute approximate surface area is 120 Å². The van der Waals surface area contributed by atoms with Crippen LogP contribution < -0.4 is 0 Å². The molecule has 1 heterocycles. The number of methoxy groups -OCH3 is 2. The summed E-state index contributed by atoms with van der Waals surface area (Å²) in [6.45, 7) is 0. The van der Waals surface area contributed by atoms with Gasteiger partial charge in [0.05, 0.1) is 25.3 Å². The molecule has 106 valence electrons. The van der Waals surface area contributed by atoms with Gasteiger partial charge in [-0.15, -0.1) is 0 Å². The van der Waals surface area contributed by atoms with E-state index in [0.29, 0.717) is 11.1 Å². The van der Waals surface area contributed by atoms with Crippen molar-refractivity contribution in [3.8, 4) is 0 Å². The summed E-state index contributed by atoms with van der Waals surface area (Å²) < 4.78 is 9.42. The summed E-state index contributed by atoms with van der Waals surface area (Å²) in [5.74, 6) is -0.767. The molecular formula is C16H13NO4. The normalized spacial score (nSPS) is 10.8. The fourth-order valence-corrected chi connectivity index (χ4v) is 2.40. The third-order valence-corrected chi connectivity index (χ3v) is 3.44. The van der Waals surface area contributed by atoms with Crippen LogP contribution in [0.5, 0.6) is 0 Å². The SMILES string of the molecule is COC(=O)c1ccc2c(c1)[nH]c1cc(C(=O)OC)ccc12. The number of aromatic nitrogens is 1. The highest BCUT2D eigenvalue weighted by Gasteiger charge is 2.12. The van der Waals surface area contributed by atoms with Crippen LogP contribution in [0.2, 0.25) is 0 Å². The summed E-state index contributed by atoms with van der Waals surface area (Å²) in [6, 6.07) is 10.6. The molecule has 0 unspecified atom stereocenters. The van der Waals surface area contributed by atoms with Crippen molar-refractivity contribution in [2.24, 2.45) is 0 Å². The minimum absolute atomic E-state index is 0.384. The number of ether oxygens (including phenoxy) is 2. The van der Waals surface area contributed by atoms with Gasteiger partial charge >= 0.3 is 11.9 Å². The Morgan fingerprint density at radius 2 is 1.24 bits per heavy atom. The summed E-state index contributed by atoms with van der Waals surface area (Å²) in [5, 5.41) is 1.96. The molecule has 0 amide bonds. The zero-order valence-corrected chi connectivity index (χ0v) is 11.6. The summed E-state index contributed by atoms with van der Waals surface area (Å²) in [5.41, 5.74) is 2.58. The number of hydrogen-bond acceptors (Lipinski definition) is 4. The van der Waals surface area contributed by atoms with Crippen molar-refractivity contribution in [2.75, 3.05) is 14.2 Å². The van der Waals surface area contributed by atoms with Crippen LogP contribution in [0.1, 0.15) is 20.7 Å². The van der Waals surface area contributed by atoms with Crippen molar-refractivity contribution in [3.05, 3.63) is 47.5 Å². The zero-order chi connectivity index (χ0) is 15.0. The van der Waals surface area contributed by atoms with Crippen molar-refractivity contribution in [2.45, 2.75) is 0 Å². The second kappa shape index (κ2) is 4.94. The fraction of sp³-hybridized carbons (Fsp3) is 0.125. The van der Waals surface area contributed by atoms with Gasteiger partial charge in [0.25, 0.3) is 0 Å². The third-order valence-electron chi connectivity index (χ3n) is 3.44. The van der Waals surface area contributed by atoms with Crippen molar-refractivity contribution in [1.82, 2.24) is 4.98 Å². The molecule has 1 aromatic heterocycles. The molecule has 5 nitrogen and oxygen atoms in total. The van der Waals surface area contributed by atoms with E-state index in [0.717, 1.165) is 21.8 Å². The van der Waals surface area contributed by atoms with E-state index >= 15 is 0 Å². The highest BCUT2D eigenvalue weighted by molar-refractivity contribution is 6.10. The summed E-state index contributed by atoms with van der Waals surface area (Å²) in [4.78, 5) is 26.3. The van der Waals surface area contributed by atoms with Gasteiger partial charge in [-0.1, -0.05) is 12.1 Å². The Morgan fingerprint density at radius 1 is 0.810 bits per heavy atom. The molecule has 0 aliphatic carbocycles. The Kier molecular flexibility index (Phi) is 3.10. The Bertz CT molecular complexity index is 793. The topological polar surface area (TPSA) is 68.4 Å². The molecule has 0 spiro atoms. The fourth-order valence-electron chi connectivity index (χ4n) is 2.40. The number of aromatic amines is 1. The van der Waals surface area contributed by atoms with Crippen molar-refractivity contribution >= 4 is 33.7 Å². The van der Waals surface area contributed by atoms with Crippen LogP contribution >= 0.6 is 0 Å². The minimum Gasteiger partial charge on any atom is -0.465 e. The smallest absolute Gasteiger partial charge is 0.337 e. The molecule has 1 N–H and O–H groups in total. The van der Waals surface area contributed by atoms with Gasteiger partial charge in [0.1, 0.15) is 0 Å². The third kappa shape index (κ3) is 2.12. The Hall–Kier alpha value is -2.82. The molecule has 0 aliphatic heterocycles. The van der Waals surface area contributed by atoms with E-state index in [9.17, 15) is 9.59 Å². The number of fused-ring (bicyclic) bond motifs is 3. The van der Waals surface area contributed by atoms with E-state index in [2.05, 4.69) is 4.98 Å². The summed E-state index contributed by atoms with van der Waals surface area (Å²) in [6.07, 6.45) is 0. The number of carbonyl (C=O) groups is 2. The number of benzene rings is 2. The van der Waals surface area contributed by atoms with E-state index in [4.69, 9.17) is 9.47 Å². The Morgan fingerprint density at radius 3 is 1.62 bits per heavy atom. The average molecular weight is 283 g/mol. The van der Waals surface area contributed by atoms with Crippen molar-refractivity contribution in [3.63, 3.8) is 0 Å². The Balaban J connectivity index is 2.19. The number of H-pyrrole nitrogens is 1. The first-order chi connectivity index (χ1) is 10.1. The lowest BCUT2D eigenvalue weighted by molar-refractivity contribution is 0.0592. The number of carbonyl (C=O) groups excluding carboxylic acids is 2. The van der Waals surface area contributed by atoms with Crippen LogP contribution in [-0.2, 0) is 9.47 Å². The standard InChI is InChI=1S/C16H13NO4/c1-20-15(18)9-3-5-11-12-6-4-10(16(19)21-2)8-14(12)17-13(11)7-9/h3-8,17H,1-2H3. The molecule has 0 atom stereocenters. The van der Waals surface area contributed by atoms with E-state index in [1.807, 2.05) is 12.1 Å². The molecule has 0 saturated carbocycles. The summed E-state index contributed by atoms with van der Waals surface area (Å²) in [7, 11) is 2.70. The molecule has 2 aromatic carbocycles. The predicted molar refractivity (Wildman–Crippen MR) is 78.5 cm³/mol. The molecule has 3 aromatic rings. The van der Waals surface area contributed by atoms with E-state index in [1.54, 1.807) is 24.3 Å². The van der Waals surface area contributed by atoms with Crippen LogP contribution in [-0.4, -0.2) is 31.1 Å². The molecule has 5 heteroatoms. The van der Waals surface area contributed by atoms with Crippen LogP contribution in [0.15, 0.2) is 36.4 Å². The van der Waals surface area contributed by atoms with Crippen LogP contribution in [0.4, 0.5) is 0 Å². The van der Waals surface area contributed by atoms with Gasteiger partial charge in [-0.2, -0.15) is 0 Å². The summed E-state index contributed by atoms with van der Waals surface area (Å²) >= 11 is 0. The second-order valence-electron chi connectivity index (χ2n) is 4.63. The number of hydrogen-bond donors (Lipinski definition) is 1. The van der Waals surface area contributed by atoms with Gasteiger partial charge in [-0.25, -0.2) is 9.59 Å². The molecular weight excluding hydrogens is 270 g/mol. The van der Waals surface area contributed by atoms with Gasteiger partial charge < -0.3 is 14.5 Å². The first-order valence-corrected chi connectivity index (χ1v) is 6.36. The largest absolute Gasteiger partial charge is 0.465 e. The quantitative estimate of drug-likeness (QED) is 0.734. The molecule has 0 aliphatic rings. The van der Waals surface area contributed by atoms with Crippen LogP contribution in [0.3, 0.4) is 0 Å². The van der Waals surface area contributed by atoms with Gasteiger partial charge in [0.2, 0.25) is 0 Å². The van der Waals surface area contributed by atoms with Gasteiger partial charge in [0, 0.05) is 21.8 Å². The van der Waals surface area contributed by atoms with Gasteiger partial charge in [-0.3, -0.25) is 0 Å². The number of rotatable bonds is 2. The number of nitrogens with one attached hydrogen (secondary N) is 1. The predicted octanol–water partition coefficient (Wildman–Crippen LogP) is 2.89. The molecule has 0 radical (unpaired) electrons. The monoisotopic (exact) mass is 283 g/mol. The maximum Gasteiger partial charge on any atom is 0.337 e. The molecule has 0 fully saturated rings. The van der Waals surface area contributed by atoms with Crippen LogP contribution in [0.25, 0.3) is 21.8 Å². The molecule has 21 heavy (non-hydrogen) atoms. The van der Waals surface area contributed by atoms with Crippen LogP contribution in [0, 0.1) is 0 Å². The zero-order valence-electron chi connectivity index (χ0n) is 11.6. The second-order valence-corrected chi connectivity index (χ2v) is 4.63. The maximum absolute atomic E-state index is 11.6. The van der Waals surface area contributed by atoms with Crippen molar-refractivity contribution in [1.29, 1.82) is 0 Å². The average Bonchev–Trinajstić information content (AvgIpc) is 2.89. The van der Waals surface area contributed by atoms with E-state index < -0.39 is 0 Å². The van der Waals surface area contributed by atoms with E-state index in [-0.39, 0.29) is 11.9 Å². The van der Waals surface area contributed by atoms with Crippen molar-refractivity contribution < 1.29 is 19.1 Å². The first-order valence-electron chi connectivity index (χ1n) is 6.36. The lowest BCUT2D eigenvalue weighted by Crippen LogP contribution is -2.00. The first kappa shape index (κ1) is 13.2. The number of esters is 2. The maximum atomic E-state index is 11.6. The molecule has 3 rings (SSSR count). The molecule has 0 bridgehead atoms. The molecule has 0 saturated heterocycles. The van der Waals surface area contributed by atoms with Gasteiger partial charge in [0.15, 0.2) is 0 Å². The van der Waals surface area contributed by atoms with Gasteiger partial charge in [-0.05, 0) is 24.3 Å². The minimum atomic E-state index is -0.384. The highest BCUT2D eigenvalue weighted by Crippen LogP contribution is 2.27.